The summed E-state index contributed by atoms with van der Waals surface area (Å²) in [7, 11) is 0. The Balaban J connectivity index is 1.55. The van der Waals surface area contributed by atoms with Crippen LogP contribution in [0, 0.1) is 6.42 Å². The van der Waals surface area contributed by atoms with Crippen LogP contribution < -0.4 is 5.32 Å². The molecule has 0 spiro atoms. The first-order chi connectivity index (χ1) is 11.7. The van der Waals surface area contributed by atoms with Crippen molar-refractivity contribution in [2.24, 2.45) is 0 Å². The van der Waals surface area contributed by atoms with Crippen molar-refractivity contribution in [2.75, 3.05) is 5.32 Å². The van der Waals surface area contributed by atoms with E-state index in [1.54, 1.807) is 17.8 Å². The highest BCUT2D eigenvalue weighted by molar-refractivity contribution is 9.10. The molecule has 1 N–H and O–H groups in total. The standard InChI is InChI=1S/C20H13BrNOS/c21-16-6-8-19-18(11-16)15(12-24-19)10-20(23)22-17-7-5-13-3-1-2-4-14(13)9-17/h1-12H,(H,22,23). The molecule has 3 aromatic carbocycles. The van der Waals surface area contributed by atoms with Crippen LogP contribution in [-0.2, 0) is 4.79 Å². The summed E-state index contributed by atoms with van der Waals surface area (Å²) in [5.74, 6) is -0.120. The van der Waals surface area contributed by atoms with Gasteiger partial charge in [0.05, 0.1) is 6.42 Å². The molecule has 0 atom stereocenters. The van der Waals surface area contributed by atoms with Crippen LogP contribution in [0.25, 0.3) is 20.9 Å². The van der Waals surface area contributed by atoms with Gasteiger partial charge in [-0.1, -0.05) is 46.3 Å². The smallest absolute Gasteiger partial charge is 0.233 e. The zero-order chi connectivity index (χ0) is 16.5. The molecule has 1 heterocycles. The van der Waals surface area contributed by atoms with Gasteiger partial charge in [-0.15, -0.1) is 11.3 Å². The van der Waals surface area contributed by atoms with Gasteiger partial charge in [0.1, 0.15) is 0 Å². The van der Waals surface area contributed by atoms with Gasteiger partial charge in [-0.3, -0.25) is 4.79 Å². The molecule has 2 nitrogen and oxygen atoms in total. The van der Waals surface area contributed by atoms with E-state index in [2.05, 4.69) is 33.4 Å². The maximum absolute atomic E-state index is 12.4. The van der Waals surface area contributed by atoms with Crippen LogP contribution in [-0.4, -0.2) is 5.91 Å². The lowest BCUT2D eigenvalue weighted by molar-refractivity contribution is -0.112. The number of thiophene rings is 1. The fourth-order valence-corrected chi connectivity index (χ4v) is 3.98. The Hall–Kier alpha value is -2.17. The van der Waals surface area contributed by atoms with E-state index in [9.17, 15) is 4.79 Å². The average molecular weight is 395 g/mol. The van der Waals surface area contributed by atoms with Crippen LogP contribution in [0.3, 0.4) is 0 Å². The molecule has 0 aliphatic carbocycles. The minimum atomic E-state index is -0.120. The highest BCUT2D eigenvalue weighted by Crippen LogP contribution is 2.30. The molecular formula is C20H13BrNOS. The molecule has 117 valence electrons. The fourth-order valence-electron chi connectivity index (χ4n) is 2.72. The first-order valence-corrected chi connectivity index (χ1v) is 9.18. The van der Waals surface area contributed by atoms with Gasteiger partial charge in [0, 0.05) is 14.9 Å². The Morgan fingerprint density at radius 1 is 1.00 bits per heavy atom. The first kappa shape index (κ1) is 15.4. The Morgan fingerprint density at radius 3 is 2.71 bits per heavy atom. The third-order valence-electron chi connectivity index (χ3n) is 3.87. The zero-order valence-electron chi connectivity index (χ0n) is 12.6. The number of hydrogen-bond acceptors (Lipinski definition) is 2. The number of halogens is 1. The number of carbonyl (C=O) groups excluding carboxylic acids is 1. The lowest BCUT2D eigenvalue weighted by Gasteiger charge is -2.06. The zero-order valence-corrected chi connectivity index (χ0v) is 15.0. The molecule has 4 aromatic rings. The Kier molecular flexibility index (Phi) is 4.08. The van der Waals surface area contributed by atoms with Crippen LogP contribution in [0.4, 0.5) is 5.69 Å². The van der Waals surface area contributed by atoms with E-state index in [4.69, 9.17) is 0 Å². The third-order valence-corrected chi connectivity index (χ3v) is 5.34. The van der Waals surface area contributed by atoms with Gasteiger partial charge in [0.15, 0.2) is 0 Å². The van der Waals surface area contributed by atoms with Crippen LogP contribution in [0.5, 0.6) is 0 Å². The van der Waals surface area contributed by atoms with E-state index >= 15 is 0 Å². The van der Waals surface area contributed by atoms with E-state index in [0.29, 0.717) is 0 Å². The summed E-state index contributed by atoms with van der Waals surface area (Å²) in [5, 5.41) is 8.32. The summed E-state index contributed by atoms with van der Waals surface area (Å²) in [6, 6.07) is 20.1. The number of benzene rings is 3. The van der Waals surface area contributed by atoms with Crippen molar-refractivity contribution < 1.29 is 4.79 Å². The highest BCUT2D eigenvalue weighted by Gasteiger charge is 2.10. The average Bonchev–Trinajstić information content (AvgIpc) is 2.97. The second-order valence-corrected chi connectivity index (χ2v) is 7.35. The molecule has 0 bridgehead atoms. The number of rotatable bonds is 3. The Labute approximate surface area is 152 Å². The first-order valence-electron chi connectivity index (χ1n) is 7.50. The van der Waals surface area contributed by atoms with Crippen molar-refractivity contribution in [3.63, 3.8) is 0 Å². The van der Waals surface area contributed by atoms with Crippen molar-refractivity contribution >= 4 is 59.7 Å². The monoisotopic (exact) mass is 394 g/mol. The quantitative estimate of drug-likeness (QED) is 0.452. The van der Waals surface area contributed by atoms with Gasteiger partial charge in [0.2, 0.25) is 5.91 Å². The Bertz CT molecular complexity index is 1050. The minimum Gasteiger partial charge on any atom is -0.326 e. The number of hydrogen-bond donors (Lipinski definition) is 1. The van der Waals surface area contributed by atoms with Gasteiger partial charge in [-0.05, 0) is 57.4 Å². The van der Waals surface area contributed by atoms with Crippen molar-refractivity contribution in [1.82, 2.24) is 0 Å². The predicted octanol–water partition coefficient (Wildman–Crippen LogP) is 6.01. The Morgan fingerprint density at radius 2 is 1.83 bits per heavy atom. The van der Waals surface area contributed by atoms with E-state index in [-0.39, 0.29) is 5.91 Å². The molecule has 0 saturated heterocycles. The van der Waals surface area contributed by atoms with Crippen molar-refractivity contribution in [2.45, 2.75) is 0 Å². The lowest BCUT2D eigenvalue weighted by atomic mass is 10.1. The van der Waals surface area contributed by atoms with Crippen molar-refractivity contribution in [3.8, 4) is 0 Å². The largest absolute Gasteiger partial charge is 0.326 e. The molecule has 1 amide bonds. The van der Waals surface area contributed by atoms with Crippen molar-refractivity contribution in [3.05, 3.63) is 82.5 Å². The van der Waals surface area contributed by atoms with Crippen LogP contribution in [0.15, 0.2) is 70.5 Å². The van der Waals surface area contributed by atoms with E-state index in [1.165, 1.54) is 4.70 Å². The second kappa shape index (κ2) is 6.38. The maximum Gasteiger partial charge on any atom is 0.233 e. The second-order valence-electron chi connectivity index (χ2n) is 5.53. The van der Waals surface area contributed by atoms with E-state index < -0.39 is 0 Å². The molecule has 0 unspecified atom stereocenters. The van der Waals surface area contributed by atoms with E-state index in [1.807, 2.05) is 53.9 Å². The molecule has 24 heavy (non-hydrogen) atoms. The molecule has 0 saturated carbocycles. The molecule has 4 rings (SSSR count). The third kappa shape index (κ3) is 3.07. The summed E-state index contributed by atoms with van der Waals surface area (Å²) in [6.07, 6.45) is 1.65. The number of fused-ring (bicyclic) bond motifs is 2. The van der Waals surface area contributed by atoms with Gasteiger partial charge in [-0.2, -0.15) is 0 Å². The minimum absolute atomic E-state index is 0.120. The molecule has 0 aliphatic rings. The number of carbonyl (C=O) groups is 1. The molecule has 4 heteroatoms. The number of nitrogens with one attached hydrogen (secondary N) is 1. The number of anilines is 1. The topological polar surface area (TPSA) is 29.1 Å². The summed E-state index contributed by atoms with van der Waals surface area (Å²) in [6.45, 7) is 0. The van der Waals surface area contributed by atoms with Gasteiger partial charge in [-0.25, -0.2) is 0 Å². The molecule has 0 fully saturated rings. The van der Waals surface area contributed by atoms with Gasteiger partial charge >= 0.3 is 0 Å². The summed E-state index contributed by atoms with van der Waals surface area (Å²) >= 11 is 5.13. The lowest BCUT2D eigenvalue weighted by Crippen LogP contribution is -2.12. The molecule has 1 radical (unpaired) electrons. The molecule has 0 aliphatic heterocycles. The normalized spacial score (nSPS) is 11.0. The van der Waals surface area contributed by atoms with Crippen LogP contribution >= 0.6 is 27.3 Å². The summed E-state index contributed by atoms with van der Waals surface area (Å²) in [5.41, 5.74) is 1.74. The maximum atomic E-state index is 12.4. The summed E-state index contributed by atoms with van der Waals surface area (Å²) < 4.78 is 2.18. The molecular weight excluding hydrogens is 382 g/mol. The van der Waals surface area contributed by atoms with Crippen LogP contribution in [0.1, 0.15) is 5.56 Å². The van der Waals surface area contributed by atoms with Gasteiger partial charge < -0.3 is 5.32 Å². The predicted molar refractivity (Wildman–Crippen MR) is 106 cm³/mol. The van der Waals surface area contributed by atoms with Crippen LogP contribution in [0.2, 0.25) is 0 Å². The SMILES string of the molecule is O=C([CH]c1csc2ccc(Br)cc12)Nc1ccc2ccccc2c1. The van der Waals surface area contributed by atoms with Gasteiger partial charge in [0.25, 0.3) is 0 Å². The fraction of sp³-hybridized carbons (Fsp3) is 0. The van der Waals surface area contributed by atoms with E-state index in [0.717, 1.165) is 31.9 Å². The molecule has 1 aromatic heterocycles. The highest BCUT2D eigenvalue weighted by atomic mass is 79.9. The summed E-state index contributed by atoms with van der Waals surface area (Å²) in [4.78, 5) is 12.4. The van der Waals surface area contributed by atoms with Crippen molar-refractivity contribution in [1.29, 1.82) is 0 Å². The number of amides is 1.